The number of rotatable bonds is 8. The van der Waals surface area contributed by atoms with Crippen LogP contribution in [0.3, 0.4) is 0 Å². The Bertz CT molecular complexity index is 406. The van der Waals surface area contributed by atoms with Crippen molar-refractivity contribution >= 4 is 5.91 Å². The van der Waals surface area contributed by atoms with Gasteiger partial charge in [-0.15, -0.1) is 0 Å². The van der Waals surface area contributed by atoms with E-state index in [1.807, 2.05) is 38.2 Å². The first-order chi connectivity index (χ1) is 9.54. The van der Waals surface area contributed by atoms with Crippen LogP contribution >= 0.6 is 0 Å². The molecule has 1 aromatic rings. The molecule has 0 aromatic heterocycles. The number of nitrogens with zero attached hydrogens (tertiary/aromatic N) is 1. The molecule has 0 aliphatic heterocycles. The van der Waals surface area contributed by atoms with Crippen LogP contribution in [0.25, 0.3) is 0 Å². The molecule has 0 bridgehead atoms. The van der Waals surface area contributed by atoms with Gasteiger partial charge in [-0.1, -0.05) is 29.8 Å². The van der Waals surface area contributed by atoms with E-state index in [2.05, 4.69) is 10.2 Å². The summed E-state index contributed by atoms with van der Waals surface area (Å²) in [7, 11) is 3.67. The van der Waals surface area contributed by atoms with Gasteiger partial charge in [-0.05, 0) is 19.5 Å². The zero-order chi connectivity index (χ0) is 15.0. The maximum absolute atomic E-state index is 11.9. The third-order valence-electron chi connectivity index (χ3n) is 3.19. The number of hydrogen-bond donors (Lipinski definition) is 2. The van der Waals surface area contributed by atoms with Gasteiger partial charge in [0.2, 0.25) is 5.91 Å². The number of hydrogen-bond acceptors (Lipinski definition) is 4. The van der Waals surface area contributed by atoms with E-state index in [0.29, 0.717) is 13.2 Å². The quantitative estimate of drug-likeness (QED) is 0.735. The lowest BCUT2D eigenvalue weighted by Crippen LogP contribution is -2.39. The summed E-state index contributed by atoms with van der Waals surface area (Å²) in [6, 6.07) is 7.09. The van der Waals surface area contributed by atoms with E-state index in [0.717, 1.165) is 24.2 Å². The summed E-state index contributed by atoms with van der Waals surface area (Å²) in [6.45, 7) is 4.89. The van der Waals surface area contributed by atoms with E-state index in [1.54, 1.807) is 7.11 Å². The highest BCUT2D eigenvalue weighted by Crippen LogP contribution is 2.11. The molecule has 0 saturated carbocycles. The summed E-state index contributed by atoms with van der Waals surface area (Å²) >= 11 is 0. The molecule has 0 radical (unpaired) electrons. The average molecular weight is 279 g/mol. The molecule has 1 atom stereocenters. The Morgan fingerprint density at radius 3 is 2.60 bits per heavy atom. The molecule has 1 rings (SSSR count). The number of nitrogens with two attached hydrogens (primary N) is 1. The molecule has 0 aliphatic carbocycles. The third kappa shape index (κ3) is 5.69. The molecule has 1 aromatic carbocycles. The summed E-state index contributed by atoms with van der Waals surface area (Å²) in [5.74, 6) is -0.144. The number of amides is 1. The molecule has 0 aliphatic rings. The summed E-state index contributed by atoms with van der Waals surface area (Å²) in [5.41, 5.74) is 7.93. The Morgan fingerprint density at radius 1 is 1.35 bits per heavy atom. The Morgan fingerprint density at radius 2 is 2.00 bits per heavy atom. The number of ether oxygens (including phenoxy) is 1. The molecule has 112 valence electrons. The largest absolute Gasteiger partial charge is 0.383 e. The van der Waals surface area contributed by atoms with Crippen molar-refractivity contribution in [1.29, 1.82) is 0 Å². The van der Waals surface area contributed by atoms with Crippen molar-refractivity contribution in [2.45, 2.75) is 13.0 Å². The van der Waals surface area contributed by atoms with Gasteiger partial charge >= 0.3 is 0 Å². The first-order valence-corrected chi connectivity index (χ1v) is 6.82. The topological polar surface area (TPSA) is 67.6 Å². The lowest BCUT2D eigenvalue weighted by Gasteiger charge is -2.17. The molecule has 0 saturated heterocycles. The van der Waals surface area contributed by atoms with E-state index in [-0.39, 0.29) is 5.91 Å². The maximum Gasteiger partial charge on any atom is 0.241 e. The summed E-state index contributed by atoms with van der Waals surface area (Å²) in [5, 5.41) is 2.86. The molecule has 20 heavy (non-hydrogen) atoms. The number of carbonyl (C=O) groups is 1. The van der Waals surface area contributed by atoms with Gasteiger partial charge in [-0.25, -0.2) is 0 Å². The molecule has 0 fully saturated rings. The van der Waals surface area contributed by atoms with E-state index in [4.69, 9.17) is 10.5 Å². The lowest BCUT2D eigenvalue weighted by atomic mass is 10.1. The van der Waals surface area contributed by atoms with Crippen molar-refractivity contribution in [3.8, 4) is 0 Å². The smallest absolute Gasteiger partial charge is 0.241 e. The van der Waals surface area contributed by atoms with Gasteiger partial charge in [0.1, 0.15) is 6.04 Å². The Balaban J connectivity index is 2.33. The van der Waals surface area contributed by atoms with Crippen molar-refractivity contribution in [1.82, 2.24) is 10.2 Å². The van der Waals surface area contributed by atoms with Crippen molar-refractivity contribution < 1.29 is 9.53 Å². The predicted octanol–water partition coefficient (Wildman–Crippen LogP) is 0.689. The fourth-order valence-electron chi connectivity index (χ4n) is 1.76. The number of benzene rings is 1. The second-order valence-corrected chi connectivity index (χ2v) is 4.98. The first kappa shape index (κ1) is 16.6. The van der Waals surface area contributed by atoms with Crippen molar-refractivity contribution in [2.24, 2.45) is 5.73 Å². The molecule has 1 unspecified atom stereocenters. The molecule has 5 heteroatoms. The lowest BCUT2D eigenvalue weighted by molar-refractivity contribution is -0.122. The van der Waals surface area contributed by atoms with Gasteiger partial charge in [0.05, 0.1) is 6.61 Å². The average Bonchev–Trinajstić information content (AvgIpc) is 2.45. The van der Waals surface area contributed by atoms with Crippen LogP contribution in [0, 0.1) is 6.92 Å². The highest BCUT2D eigenvalue weighted by Gasteiger charge is 2.14. The predicted molar refractivity (Wildman–Crippen MR) is 80.5 cm³/mol. The van der Waals surface area contributed by atoms with Crippen LogP contribution in [0.5, 0.6) is 0 Å². The first-order valence-electron chi connectivity index (χ1n) is 6.82. The maximum atomic E-state index is 11.9. The standard InChI is InChI=1S/C15H25N3O2/c1-12-4-6-13(7-5-12)14(16)15(19)17-8-9-18(2)10-11-20-3/h4-7,14H,8-11,16H2,1-3H3,(H,17,19). The highest BCUT2D eigenvalue weighted by molar-refractivity contribution is 5.82. The van der Waals surface area contributed by atoms with Crippen LogP contribution < -0.4 is 11.1 Å². The summed E-state index contributed by atoms with van der Waals surface area (Å²) in [6.07, 6.45) is 0. The molecule has 5 nitrogen and oxygen atoms in total. The minimum atomic E-state index is -0.611. The van der Waals surface area contributed by atoms with Crippen molar-refractivity contribution in [3.05, 3.63) is 35.4 Å². The van der Waals surface area contributed by atoms with Crippen LogP contribution in [0.15, 0.2) is 24.3 Å². The zero-order valence-corrected chi connectivity index (χ0v) is 12.6. The van der Waals surface area contributed by atoms with E-state index < -0.39 is 6.04 Å². The SMILES string of the molecule is COCCN(C)CCNC(=O)C(N)c1ccc(C)cc1. The minimum Gasteiger partial charge on any atom is -0.383 e. The Kier molecular flexibility index (Phi) is 7.22. The number of likely N-dealkylation sites (N-methyl/N-ethyl adjacent to an activating group) is 1. The molecular weight excluding hydrogens is 254 g/mol. The van der Waals surface area contributed by atoms with Gasteiger partial charge < -0.3 is 20.7 Å². The molecule has 3 N–H and O–H groups in total. The van der Waals surface area contributed by atoms with E-state index in [1.165, 1.54) is 0 Å². The second-order valence-electron chi connectivity index (χ2n) is 4.98. The van der Waals surface area contributed by atoms with Crippen LogP contribution in [0.1, 0.15) is 17.2 Å². The molecular formula is C15H25N3O2. The Labute approximate surface area is 121 Å². The van der Waals surface area contributed by atoms with E-state index in [9.17, 15) is 4.79 Å². The van der Waals surface area contributed by atoms with Gasteiger partial charge in [0.15, 0.2) is 0 Å². The van der Waals surface area contributed by atoms with Crippen molar-refractivity contribution in [3.63, 3.8) is 0 Å². The van der Waals surface area contributed by atoms with Crippen LogP contribution in [-0.4, -0.2) is 51.2 Å². The second kappa shape index (κ2) is 8.68. The van der Waals surface area contributed by atoms with Gasteiger partial charge in [-0.3, -0.25) is 4.79 Å². The Hall–Kier alpha value is -1.43. The van der Waals surface area contributed by atoms with Gasteiger partial charge in [0.25, 0.3) is 0 Å². The minimum absolute atomic E-state index is 0.144. The molecule has 1 amide bonds. The van der Waals surface area contributed by atoms with Gasteiger partial charge in [0, 0.05) is 26.7 Å². The normalized spacial score (nSPS) is 12.4. The van der Waals surface area contributed by atoms with Crippen molar-refractivity contribution in [2.75, 3.05) is 40.4 Å². The third-order valence-corrected chi connectivity index (χ3v) is 3.19. The number of nitrogens with one attached hydrogen (secondary N) is 1. The fraction of sp³-hybridized carbons (Fsp3) is 0.533. The number of carbonyl (C=O) groups excluding carboxylic acids is 1. The zero-order valence-electron chi connectivity index (χ0n) is 12.6. The fourth-order valence-corrected chi connectivity index (χ4v) is 1.76. The number of methoxy groups -OCH3 is 1. The highest BCUT2D eigenvalue weighted by atomic mass is 16.5. The molecule has 0 spiro atoms. The van der Waals surface area contributed by atoms with Crippen LogP contribution in [-0.2, 0) is 9.53 Å². The summed E-state index contributed by atoms with van der Waals surface area (Å²) < 4.78 is 5.00. The van der Waals surface area contributed by atoms with Gasteiger partial charge in [-0.2, -0.15) is 0 Å². The molecule has 0 heterocycles. The monoisotopic (exact) mass is 279 g/mol. The summed E-state index contributed by atoms with van der Waals surface area (Å²) in [4.78, 5) is 14.0. The van der Waals surface area contributed by atoms with E-state index >= 15 is 0 Å². The number of aryl methyl sites for hydroxylation is 1. The van der Waals surface area contributed by atoms with Crippen LogP contribution in [0.2, 0.25) is 0 Å². The van der Waals surface area contributed by atoms with Crippen LogP contribution in [0.4, 0.5) is 0 Å².